The minimum Gasteiger partial charge on any atom is -0.379 e. The van der Waals surface area contributed by atoms with Crippen molar-refractivity contribution in [3.05, 3.63) is 48.0 Å². The minimum atomic E-state index is -0.246. The number of guanidine groups is 1. The second-order valence-electron chi connectivity index (χ2n) is 6.62. The molecule has 2 aromatic rings. The number of rotatable bonds is 8. The highest BCUT2D eigenvalue weighted by Crippen LogP contribution is 2.09. The topological polar surface area (TPSA) is 66.7 Å². The van der Waals surface area contributed by atoms with Crippen LogP contribution in [0.1, 0.15) is 12.6 Å². The number of aliphatic imine (C=N–C) groups is 1. The van der Waals surface area contributed by atoms with Crippen LogP contribution in [0.3, 0.4) is 0 Å². The molecule has 3 rings (SSSR count). The molecule has 1 aliphatic rings. The van der Waals surface area contributed by atoms with Crippen LogP contribution in [0.4, 0.5) is 4.39 Å². The highest BCUT2D eigenvalue weighted by Gasteiger charge is 2.09. The van der Waals surface area contributed by atoms with E-state index in [1.165, 1.54) is 12.1 Å². The second-order valence-corrected chi connectivity index (χ2v) is 6.62. The predicted molar refractivity (Wildman–Crippen MR) is 124 cm³/mol. The van der Waals surface area contributed by atoms with Crippen molar-refractivity contribution < 1.29 is 9.13 Å². The molecule has 0 spiro atoms. The van der Waals surface area contributed by atoms with Crippen LogP contribution in [0.15, 0.2) is 41.5 Å². The summed E-state index contributed by atoms with van der Waals surface area (Å²) in [6.45, 7) is 8.91. The van der Waals surface area contributed by atoms with Crippen LogP contribution in [0.25, 0.3) is 5.69 Å². The standard InChI is InChI=1S/C20H29FN6O.HI/c1-2-22-20(24-10-12-26-13-15-28-16-14-26)23-9-7-18-8-11-27(25-18)19-5-3-17(21)4-6-19;/h3-6,8,11H,2,7,9-10,12-16H2,1H3,(H2,22,23,24);1H. The Bertz CT molecular complexity index is 746. The van der Waals surface area contributed by atoms with E-state index >= 15 is 0 Å². The molecule has 1 saturated heterocycles. The van der Waals surface area contributed by atoms with E-state index in [1.54, 1.807) is 16.8 Å². The summed E-state index contributed by atoms with van der Waals surface area (Å²) in [5.74, 6) is 0.581. The Morgan fingerprint density at radius 2 is 1.93 bits per heavy atom. The number of aromatic nitrogens is 2. The Hall–Kier alpha value is -1.72. The van der Waals surface area contributed by atoms with Crippen LogP contribution in [0.5, 0.6) is 0 Å². The second kappa shape index (κ2) is 12.8. The third kappa shape index (κ3) is 7.90. The number of halogens is 2. The van der Waals surface area contributed by atoms with Gasteiger partial charge >= 0.3 is 0 Å². The van der Waals surface area contributed by atoms with Gasteiger partial charge < -0.3 is 15.4 Å². The van der Waals surface area contributed by atoms with Crippen LogP contribution < -0.4 is 10.6 Å². The van der Waals surface area contributed by atoms with Gasteiger partial charge in [0.25, 0.3) is 0 Å². The number of benzene rings is 1. The zero-order valence-electron chi connectivity index (χ0n) is 16.8. The zero-order chi connectivity index (χ0) is 19.6. The molecule has 0 radical (unpaired) electrons. The first-order valence-corrected chi connectivity index (χ1v) is 9.87. The average molecular weight is 516 g/mol. The van der Waals surface area contributed by atoms with Crippen LogP contribution in [0.2, 0.25) is 0 Å². The molecular weight excluding hydrogens is 486 g/mol. The van der Waals surface area contributed by atoms with Gasteiger partial charge in [0, 0.05) is 45.3 Å². The molecule has 160 valence electrons. The van der Waals surface area contributed by atoms with E-state index in [2.05, 4.69) is 32.5 Å². The molecule has 1 aromatic heterocycles. The fourth-order valence-corrected chi connectivity index (χ4v) is 3.01. The minimum absolute atomic E-state index is 0. The van der Waals surface area contributed by atoms with Crippen molar-refractivity contribution in [2.24, 2.45) is 4.99 Å². The molecule has 0 bridgehead atoms. The summed E-state index contributed by atoms with van der Waals surface area (Å²) < 4.78 is 20.2. The van der Waals surface area contributed by atoms with Crippen molar-refractivity contribution in [1.29, 1.82) is 0 Å². The van der Waals surface area contributed by atoms with Gasteiger partial charge in [0.15, 0.2) is 5.96 Å². The summed E-state index contributed by atoms with van der Waals surface area (Å²) in [6.07, 6.45) is 2.67. The van der Waals surface area contributed by atoms with Crippen molar-refractivity contribution >= 4 is 29.9 Å². The highest BCUT2D eigenvalue weighted by atomic mass is 127. The Labute approximate surface area is 188 Å². The van der Waals surface area contributed by atoms with Gasteiger partial charge in [-0.25, -0.2) is 9.07 Å². The molecule has 0 saturated carbocycles. The van der Waals surface area contributed by atoms with E-state index in [1.807, 2.05) is 12.3 Å². The molecule has 1 aromatic carbocycles. The Morgan fingerprint density at radius 3 is 2.66 bits per heavy atom. The van der Waals surface area contributed by atoms with Gasteiger partial charge in [-0.2, -0.15) is 5.10 Å². The van der Waals surface area contributed by atoms with Gasteiger partial charge in [0.2, 0.25) is 0 Å². The third-order valence-corrected chi connectivity index (χ3v) is 4.54. The molecule has 29 heavy (non-hydrogen) atoms. The maximum absolute atomic E-state index is 13.0. The summed E-state index contributed by atoms with van der Waals surface area (Å²) in [5.41, 5.74) is 1.82. The Balaban J connectivity index is 0.00000300. The van der Waals surface area contributed by atoms with Crippen molar-refractivity contribution in [1.82, 2.24) is 25.3 Å². The molecule has 0 aliphatic carbocycles. The summed E-state index contributed by atoms with van der Waals surface area (Å²) in [5, 5.41) is 11.2. The van der Waals surface area contributed by atoms with Crippen molar-refractivity contribution in [3.63, 3.8) is 0 Å². The van der Waals surface area contributed by atoms with E-state index in [4.69, 9.17) is 4.74 Å². The Morgan fingerprint density at radius 1 is 1.17 bits per heavy atom. The largest absolute Gasteiger partial charge is 0.379 e. The maximum atomic E-state index is 13.0. The lowest BCUT2D eigenvalue weighted by Gasteiger charge is -2.25. The highest BCUT2D eigenvalue weighted by molar-refractivity contribution is 14.0. The molecule has 1 fully saturated rings. The number of hydrogen-bond donors (Lipinski definition) is 2. The first-order valence-electron chi connectivity index (χ1n) is 9.87. The van der Waals surface area contributed by atoms with Crippen molar-refractivity contribution in [2.45, 2.75) is 13.3 Å². The molecule has 2 N–H and O–H groups in total. The normalized spacial score (nSPS) is 15.0. The maximum Gasteiger partial charge on any atom is 0.191 e. The predicted octanol–water partition coefficient (Wildman–Crippen LogP) is 2.06. The Kier molecular flexibility index (Phi) is 10.4. The fourth-order valence-electron chi connectivity index (χ4n) is 3.01. The summed E-state index contributed by atoms with van der Waals surface area (Å²) >= 11 is 0. The summed E-state index contributed by atoms with van der Waals surface area (Å²) in [7, 11) is 0. The smallest absolute Gasteiger partial charge is 0.191 e. The molecule has 0 amide bonds. The van der Waals surface area contributed by atoms with E-state index in [9.17, 15) is 4.39 Å². The molecule has 0 atom stereocenters. The van der Waals surface area contributed by atoms with Gasteiger partial charge in [-0.05, 0) is 37.3 Å². The van der Waals surface area contributed by atoms with E-state index < -0.39 is 0 Å². The van der Waals surface area contributed by atoms with Crippen LogP contribution in [-0.4, -0.2) is 73.1 Å². The summed E-state index contributed by atoms with van der Waals surface area (Å²) in [4.78, 5) is 7.02. The van der Waals surface area contributed by atoms with Gasteiger partial charge in [0.1, 0.15) is 5.82 Å². The van der Waals surface area contributed by atoms with Gasteiger partial charge in [-0.3, -0.25) is 9.89 Å². The van der Waals surface area contributed by atoms with Crippen LogP contribution in [-0.2, 0) is 11.2 Å². The number of hydrogen-bond acceptors (Lipinski definition) is 4. The van der Waals surface area contributed by atoms with Crippen LogP contribution in [0, 0.1) is 5.82 Å². The molecule has 2 heterocycles. The quantitative estimate of drug-likeness (QED) is 0.320. The van der Waals surface area contributed by atoms with E-state index in [0.717, 1.165) is 76.2 Å². The molecular formula is C20H30FIN6O. The van der Waals surface area contributed by atoms with Crippen molar-refractivity contribution in [3.8, 4) is 5.69 Å². The number of nitrogens with zero attached hydrogens (tertiary/aromatic N) is 4. The van der Waals surface area contributed by atoms with E-state index in [0.29, 0.717) is 0 Å². The lowest BCUT2D eigenvalue weighted by atomic mass is 10.3. The first-order chi connectivity index (χ1) is 13.7. The van der Waals surface area contributed by atoms with Crippen LogP contribution >= 0.6 is 24.0 Å². The van der Waals surface area contributed by atoms with Gasteiger partial charge in [-0.15, -0.1) is 24.0 Å². The SMILES string of the molecule is CCNC(=NCCN1CCOCC1)NCCc1ccn(-c2ccc(F)cc2)n1.I. The third-order valence-electron chi connectivity index (χ3n) is 4.54. The molecule has 7 nitrogen and oxygen atoms in total. The van der Waals surface area contributed by atoms with Gasteiger partial charge in [-0.1, -0.05) is 0 Å². The zero-order valence-corrected chi connectivity index (χ0v) is 19.1. The molecule has 0 unspecified atom stereocenters. The van der Waals surface area contributed by atoms with Crippen molar-refractivity contribution in [2.75, 3.05) is 52.5 Å². The lowest BCUT2D eigenvalue weighted by molar-refractivity contribution is 0.0394. The number of morpholine rings is 1. The summed E-state index contributed by atoms with van der Waals surface area (Å²) in [6, 6.07) is 8.29. The molecule has 1 aliphatic heterocycles. The number of ether oxygens (including phenoxy) is 1. The average Bonchev–Trinajstić information content (AvgIpc) is 3.18. The molecule has 9 heteroatoms. The number of nitrogens with one attached hydrogen (secondary N) is 2. The lowest BCUT2D eigenvalue weighted by Crippen LogP contribution is -2.40. The fraction of sp³-hybridized carbons (Fsp3) is 0.500. The van der Waals surface area contributed by atoms with E-state index in [-0.39, 0.29) is 29.8 Å². The first kappa shape index (κ1) is 23.6. The van der Waals surface area contributed by atoms with Gasteiger partial charge in [0.05, 0.1) is 31.1 Å². The monoisotopic (exact) mass is 516 g/mol.